The Morgan fingerprint density at radius 2 is 1.88 bits per heavy atom. The molecule has 0 saturated heterocycles. The first-order chi connectivity index (χ1) is 7.59. The van der Waals surface area contributed by atoms with Gasteiger partial charge in [-0.25, -0.2) is 4.79 Å². The van der Waals surface area contributed by atoms with Gasteiger partial charge in [0.15, 0.2) is 0 Å². The van der Waals surface area contributed by atoms with E-state index in [4.69, 9.17) is 4.74 Å². The SMILES string of the molecule is CNC(C(=O)OC)(c1ccccc1)C(C)C. The third kappa shape index (κ3) is 1.95. The van der Waals surface area contributed by atoms with E-state index in [0.29, 0.717) is 0 Å². The summed E-state index contributed by atoms with van der Waals surface area (Å²) in [6.45, 7) is 4.00. The zero-order valence-corrected chi connectivity index (χ0v) is 10.3. The first-order valence-electron chi connectivity index (χ1n) is 5.42. The van der Waals surface area contributed by atoms with Crippen molar-refractivity contribution in [3.8, 4) is 0 Å². The molecule has 1 aromatic carbocycles. The summed E-state index contributed by atoms with van der Waals surface area (Å²) in [4.78, 5) is 12.0. The van der Waals surface area contributed by atoms with E-state index in [2.05, 4.69) is 5.32 Å². The van der Waals surface area contributed by atoms with Gasteiger partial charge >= 0.3 is 5.97 Å². The molecule has 0 bridgehead atoms. The van der Waals surface area contributed by atoms with Gasteiger partial charge in [0, 0.05) is 0 Å². The average molecular weight is 221 g/mol. The van der Waals surface area contributed by atoms with Crippen molar-refractivity contribution in [1.29, 1.82) is 0 Å². The number of likely N-dealkylation sites (N-methyl/N-ethyl adjacent to an activating group) is 1. The zero-order valence-electron chi connectivity index (χ0n) is 10.3. The normalized spacial score (nSPS) is 14.6. The van der Waals surface area contributed by atoms with Gasteiger partial charge in [0.25, 0.3) is 0 Å². The molecule has 0 fully saturated rings. The molecule has 0 aliphatic carbocycles. The molecule has 0 amide bonds. The second-order valence-corrected chi connectivity index (χ2v) is 4.07. The number of carbonyl (C=O) groups excluding carboxylic acids is 1. The number of nitrogens with one attached hydrogen (secondary N) is 1. The average Bonchev–Trinajstić information content (AvgIpc) is 2.31. The van der Waals surface area contributed by atoms with Crippen molar-refractivity contribution in [2.75, 3.05) is 14.2 Å². The number of carbonyl (C=O) groups is 1. The summed E-state index contributed by atoms with van der Waals surface area (Å²) in [6.07, 6.45) is 0. The fraction of sp³-hybridized carbons (Fsp3) is 0.462. The van der Waals surface area contributed by atoms with Crippen LogP contribution in [0.2, 0.25) is 0 Å². The lowest BCUT2D eigenvalue weighted by atomic mass is 9.80. The molecule has 0 aromatic heterocycles. The second kappa shape index (κ2) is 5.12. The summed E-state index contributed by atoms with van der Waals surface area (Å²) in [5, 5.41) is 3.11. The Hall–Kier alpha value is -1.35. The lowest BCUT2D eigenvalue weighted by Crippen LogP contribution is -2.52. The molecule has 1 aromatic rings. The largest absolute Gasteiger partial charge is 0.467 e. The van der Waals surface area contributed by atoms with E-state index in [1.54, 1.807) is 7.05 Å². The Kier molecular flexibility index (Phi) is 4.07. The van der Waals surface area contributed by atoms with Crippen molar-refractivity contribution in [3.05, 3.63) is 35.9 Å². The van der Waals surface area contributed by atoms with Crippen LogP contribution in [0.1, 0.15) is 19.4 Å². The number of benzene rings is 1. The minimum Gasteiger partial charge on any atom is -0.467 e. The van der Waals surface area contributed by atoms with Crippen molar-refractivity contribution in [2.45, 2.75) is 19.4 Å². The van der Waals surface area contributed by atoms with Gasteiger partial charge < -0.3 is 10.1 Å². The van der Waals surface area contributed by atoms with Gasteiger partial charge in [-0.05, 0) is 18.5 Å². The van der Waals surface area contributed by atoms with Gasteiger partial charge in [-0.3, -0.25) is 0 Å². The number of rotatable bonds is 4. The third-order valence-electron chi connectivity index (χ3n) is 3.00. The third-order valence-corrected chi connectivity index (χ3v) is 3.00. The highest BCUT2D eigenvalue weighted by Crippen LogP contribution is 2.30. The summed E-state index contributed by atoms with van der Waals surface area (Å²) in [5.74, 6) is -0.149. The fourth-order valence-electron chi connectivity index (χ4n) is 2.08. The van der Waals surface area contributed by atoms with Crippen molar-refractivity contribution >= 4 is 5.97 Å². The molecule has 88 valence electrons. The predicted molar refractivity (Wildman–Crippen MR) is 64.0 cm³/mol. The Labute approximate surface area is 96.8 Å². The molecule has 0 heterocycles. The highest BCUT2D eigenvalue weighted by molar-refractivity contribution is 5.83. The van der Waals surface area contributed by atoms with Crippen LogP contribution in [0.4, 0.5) is 0 Å². The summed E-state index contributed by atoms with van der Waals surface area (Å²) in [5.41, 5.74) is 0.162. The van der Waals surface area contributed by atoms with Crippen LogP contribution in [-0.4, -0.2) is 20.1 Å². The highest BCUT2D eigenvalue weighted by atomic mass is 16.5. The van der Waals surface area contributed by atoms with Crippen LogP contribution in [-0.2, 0) is 15.1 Å². The molecular formula is C13H19NO2. The molecule has 1 unspecified atom stereocenters. The number of ether oxygens (including phenoxy) is 1. The van der Waals surface area contributed by atoms with Gasteiger partial charge in [0.05, 0.1) is 7.11 Å². The second-order valence-electron chi connectivity index (χ2n) is 4.07. The number of hydrogen-bond donors (Lipinski definition) is 1. The first kappa shape index (κ1) is 12.7. The summed E-state index contributed by atoms with van der Waals surface area (Å²) in [7, 11) is 3.20. The summed E-state index contributed by atoms with van der Waals surface area (Å²) < 4.78 is 4.92. The lowest BCUT2D eigenvalue weighted by molar-refractivity contribution is -0.151. The number of hydrogen-bond acceptors (Lipinski definition) is 3. The van der Waals surface area contributed by atoms with E-state index in [9.17, 15) is 4.79 Å². The van der Waals surface area contributed by atoms with E-state index in [1.165, 1.54) is 7.11 Å². The monoisotopic (exact) mass is 221 g/mol. The molecule has 0 spiro atoms. The molecule has 1 rings (SSSR count). The molecule has 3 heteroatoms. The van der Waals surface area contributed by atoms with Gasteiger partial charge in [0.2, 0.25) is 0 Å². The molecule has 0 radical (unpaired) electrons. The van der Waals surface area contributed by atoms with Gasteiger partial charge in [0.1, 0.15) is 5.54 Å². The standard InChI is InChI=1S/C13H19NO2/c1-10(2)13(14-3,12(15)16-4)11-8-6-5-7-9-11/h5-10,14H,1-4H3. The van der Waals surface area contributed by atoms with Crippen LogP contribution in [0.3, 0.4) is 0 Å². The van der Waals surface area contributed by atoms with E-state index in [0.717, 1.165) is 5.56 Å². The van der Waals surface area contributed by atoms with Crippen LogP contribution >= 0.6 is 0 Å². The smallest absolute Gasteiger partial charge is 0.330 e. The topological polar surface area (TPSA) is 38.3 Å². The maximum absolute atomic E-state index is 12.0. The van der Waals surface area contributed by atoms with Crippen molar-refractivity contribution in [2.24, 2.45) is 5.92 Å². The zero-order chi connectivity index (χ0) is 12.2. The summed E-state index contributed by atoms with van der Waals surface area (Å²) in [6, 6.07) is 9.65. The minimum atomic E-state index is -0.768. The highest BCUT2D eigenvalue weighted by Gasteiger charge is 2.42. The van der Waals surface area contributed by atoms with E-state index in [-0.39, 0.29) is 11.9 Å². The Bertz CT molecular complexity index is 348. The Morgan fingerprint density at radius 1 is 1.31 bits per heavy atom. The number of esters is 1. The van der Waals surface area contributed by atoms with Crippen molar-refractivity contribution < 1.29 is 9.53 Å². The van der Waals surface area contributed by atoms with Crippen LogP contribution < -0.4 is 5.32 Å². The quantitative estimate of drug-likeness (QED) is 0.789. The van der Waals surface area contributed by atoms with Crippen LogP contribution in [0.5, 0.6) is 0 Å². The molecule has 3 nitrogen and oxygen atoms in total. The molecule has 0 saturated carbocycles. The van der Waals surface area contributed by atoms with E-state index in [1.807, 2.05) is 44.2 Å². The Morgan fingerprint density at radius 3 is 2.25 bits per heavy atom. The van der Waals surface area contributed by atoms with Gasteiger partial charge in [-0.2, -0.15) is 0 Å². The summed E-state index contributed by atoms with van der Waals surface area (Å²) >= 11 is 0. The van der Waals surface area contributed by atoms with Crippen LogP contribution in [0.15, 0.2) is 30.3 Å². The van der Waals surface area contributed by atoms with E-state index >= 15 is 0 Å². The molecular weight excluding hydrogens is 202 g/mol. The maximum Gasteiger partial charge on any atom is 0.330 e. The molecule has 0 aliphatic heterocycles. The molecule has 16 heavy (non-hydrogen) atoms. The lowest BCUT2D eigenvalue weighted by Gasteiger charge is -2.34. The van der Waals surface area contributed by atoms with Crippen molar-refractivity contribution in [1.82, 2.24) is 5.32 Å². The minimum absolute atomic E-state index is 0.104. The predicted octanol–water partition coefficient (Wildman–Crippen LogP) is 1.93. The number of methoxy groups -OCH3 is 1. The Balaban J connectivity index is 3.29. The van der Waals surface area contributed by atoms with E-state index < -0.39 is 5.54 Å². The first-order valence-corrected chi connectivity index (χ1v) is 5.42. The van der Waals surface area contributed by atoms with Crippen molar-refractivity contribution in [3.63, 3.8) is 0 Å². The molecule has 1 N–H and O–H groups in total. The van der Waals surface area contributed by atoms with Crippen LogP contribution in [0, 0.1) is 5.92 Å². The van der Waals surface area contributed by atoms with Gasteiger partial charge in [-0.15, -0.1) is 0 Å². The molecule has 1 atom stereocenters. The van der Waals surface area contributed by atoms with Gasteiger partial charge in [-0.1, -0.05) is 44.2 Å². The maximum atomic E-state index is 12.0. The molecule has 0 aliphatic rings. The van der Waals surface area contributed by atoms with Crippen LogP contribution in [0.25, 0.3) is 0 Å². The fourth-order valence-corrected chi connectivity index (χ4v) is 2.08.